The van der Waals surface area contributed by atoms with Gasteiger partial charge in [-0.1, -0.05) is 6.07 Å². The second-order valence-corrected chi connectivity index (χ2v) is 5.90. The number of ether oxygens (including phenoxy) is 2. The molecule has 0 fully saturated rings. The lowest BCUT2D eigenvalue weighted by atomic mass is 9.83. The minimum atomic E-state index is -0.697. The average Bonchev–Trinajstić information content (AvgIpc) is 2.96. The summed E-state index contributed by atoms with van der Waals surface area (Å²) in [6.45, 7) is 6.13. The third-order valence-electron chi connectivity index (χ3n) is 4.05. The first-order chi connectivity index (χ1) is 10.9. The number of amides is 1. The van der Waals surface area contributed by atoms with Crippen molar-refractivity contribution in [1.29, 1.82) is 0 Å². The molecule has 0 atom stereocenters. The Morgan fingerprint density at radius 2 is 1.96 bits per heavy atom. The molecule has 23 heavy (non-hydrogen) atoms. The number of aromatic amines is 1. The van der Waals surface area contributed by atoms with E-state index in [4.69, 9.17) is 9.47 Å². The summed E-state index contributed by atoms with van der Waals surface area (Å²) in [7, 11) is 3.17. The second-order valence-electron chi connectivity index (χ2n) is 5.90. The van der Waals surface area contributed by atoms with Crippen LogP contribution in [-0.4, -0.2) is 30.3 Å². The maximum absolute atomic E-state index is 12.6. The Balaban J connectivity index is 2.16. The first kappa shape index (κ1) is 16.9. The van der Waals surface area contributed by atoms with Crippen molar-refractivity contribution in [2.75, 3.05) is 14.2 Å². The zero-order chi connectivity index (χ0) is 17.0. The zero-order valence-electron chi connectivity index (χ0n) is 14.2. The number of hydrogen-bond donors (Lipinski definition) is 2. The molecule has 124 valence electrons. The molecule has 0 bridgehead atoms. The van der Waals surface area contributed by atoms with Gasteiger partial charge in [0.15, 0.2) is 11.5 Å². The fourth-order valence-corrected chi connectivity index (χ4v) is 2.31. The van der Waals surface area contributed by atoms with Crippen molar-refractivity contribution in [3.8, 4) is 11.5 Å². The molecular formula is C17H23N3O3. The smallest absolute Gasteiger partial charge is 0.230 e. The lowest BCUT2D eigenvalue weighted by molar-refractivity contribution is -0.125. The quantitative estimate of drug-likeness (QED) is 0.857. The van der Waals surface area contributed by atoms with Gasteiger partial charge in [0.25, 0.3) is 0 Å². The van der Waals surface area contributed by atoms with Gasteiger partial charge in [0.1, 0.15) is 0 Å². The van der Waals surface area contributed by atoms with Gasteiger partial charge >= 0.3 is 0 Å². The third-order valence-corrected chi connectivity index (χ3v) is 4.05. The molecular weight excluding hydrogens is 294 g/mol. The highest BCUT2D eigenvalue weighted by Crippen LogP contribution is 2.33. The highest BCUT2D eigenvalue weighted by Gasteiger charge is 2.30. The Kier molecular flexibility index (Phi) is 4.93. The van der Waals surface area contributed by atoms with Gasteiger partial charge < -0.3 is 14.8 Å². The summed E-state index contributed by atoms with van der Waals surface area (Å²) in [6, 6.07) is 5.52. The Labute approximate surface area is 136 Å². The molecule has 1 heterocycles. The van der Waals surface area contributed by atoms with Gasteiger partial charge in [-0.3, -0.25) is 9.89 Å². The summed E-state index contributed by atoms with van der Waals surface area (Å²) in [5.41, 5.74) is 2.09. The van der Waals surface area contributed by atoms with Crippen LogP contribution < -0.4 is 14.8 Å². The Hall–Kier alpha value is -2.50. The Morgan fingerprint density at radius 3 is 2.52 bits per heavy atom. The Bertz CT molecular complexity index is 692. The number of nitrogens with zero attached hydrogens (tertiary/aromatic N) is 1. The van der Waals surface area contributed by atoms with Crippen molar-refractivity contribution in [2.45, 2.75) is 32.7 Å². The monoisotopic (exact) mass is 317 g/mol. The summed E-state index contributed by atoms with van der Waals surface area (Å²) >= 11 is 0. The SMILES string of the molecule is COc1ccc(C(C)(C)C(=O)NCc2cn[nH]c2C)cc1OC. The molecule has 1 aromatic carbocycles. The summed E-state index contributed by atoms with van der Waals surface area (Å²) in [5, 5.41) is 9.77. The molecule has 6 heteroatoms. The molecule has 0 aliphatic rings. The number of rotatable bonds is 6. The van der Waals surface area contributed by atoms with Crippen molar-refractivity contribution in [3.05, 3.63) is 41.2 Å². The van der Waals surface area contributed by atoms with Crippen LogP contribution in [0.25, 0.3) is 0 Å². The van der Waals surface area contributed by atoms with E-state index in [0.29, 0.717) is 18.0 Å². The minimum absolute atomic E-state index is 0.0645. The predicted molar refractivity (Wildman–Crippen MR) is 87.7 cm³/mol. The molecule has 6 nitrogen and oxygen atoms in total. The lowest BCUT2D eigenvalue weighted by Crippen LogP contribution is -2.39. The molecule has 0 saturated heterocycles. The molecule has 2 aromatic rings. The van der Waals surface area contributed by atoms with Gasteiger partial charge in [-0.05, 0) is 38.5 Å². The summed E-state index contributed by atoms with van der Waals surface area (Å²) in [4.78, 5) is 12.6. The predicted octanol–water partition coefficient (Wildman–Crippen LogP) is 2.33. The van der Waals surface area contributed by atoms with Gasteiger partial charge in [0, 0.05) is 17.8 Å². The highest BCUT2D eigenvalue weighted by molar-refractivity contribution is 5.87. The van der Waals surface area contributed by atoms with Crippen LogP contribution in [-0.2, 0) is 16.8 Å². The second kappa shape index (κ2) is 6.73. The maximum Gasteiger partial charge on any atom is 0.230 e. The van der Waals surface area contributed by atoms with E-state index in [2.05, 4.69) is 15.5 Å². The number of nitrogens with one attached hydrogen (secondary N) is 2. The number of carbonyl (C=O) groups excluding carboxylic acids is 1. The standard InChI is InChI=1S/C17H23N3O3/c1-11-12(10-19-20-11)9-18-16(21)17(2,3)13-6-7-14(22-4)15(8-13)23-5/h6-8,10H,9H2,1-5H3,(H,18,21)(H,19,20). The first-order valence-corrected chi connectivity index (χ1v) is 7.39. The number of H-pyrrole nitrogens is 1. The van der Waals surface area contributed by atoms with Crippen molar-refractivity contribution < 1.29 is 14.3 Å². The molecule has 2 N–H and O–H groups in total. The van der Waals surface area contributed by atoms with Crippen molar-refractivity contribution >= 4 is 5.91 Å². The molecule has 1 aromatic heterocycles. The fraction of sp³-hybridized carbons (Fsp3) is 0.412. The zero-order valence-corrected chi connectivity index (χ0v) is 14.2. The van der Waals surface area contributed by atoms with Crippen molar-refractivity contribution in [1.82, 2.24) is 15.5 Å². The average molecular weight is 317 g/mol. The van der Waals surface area contributed by atoms with Crippen LogP contribution in [0.4, 0.5) is 0 Å². The Morgan fingerprint density at radius 1 is 1.26 bits per heavy atom. The molecule has 0 radical (unpaired) electrons. The summed E-state index contributed by atoms with van der Waals surface area (Å²) < 4.78 is 10.6. The van der Waals surface area contributed by atoms with E-state index in [1.165, 1.54) is 0 Å². The van der Waals surface area contributed by atoms with Crippen LogP contribution in [0.3, 0.4) is 0 Å². The minimum Gasteiger partial charge on any atom is -0.493 e. The van der Waals surface area contributed by atoms with Crippen molar-refractivity contribution in [3.63, 3.8) is 0 Å². The molecule has 1 amide bonds. The number of benzene rings is 1. The van der Waals surface area contributed by atoms with Gasteiger partial charge in [0.2, 0.25) is 5.91 Å². The first-order valence-electron chi connectivity index (χ1n) is 7.39. The summed E-state index contributed by atoms with van der Waals surface area (Å²) in [5.74, 6) is 1.18. The van der Waals surface area contributed by atoms with E-state index in [-0.39, 0.29) is 5.91 Å². The molecule has 0 saturated carbocycles. The number of carbonyl (C=O) groups is 1. The lowest BCUT2D eigenvalue weighted by Gasteiger charge is -2.25. The van der Waals surface area contributed by atoms with E-state index in [0.717, 1.165) is 16.8 Å². The van der Waals surface area contributed by atoms with Crippen LogP contribution in [0.2, 0.25) is 0 Å². The molecule has 0 aliphatic heterocycles. The van der Waals surface area contributed by atoms with Gasteiger partial charge in [-0.15, -0.1) is 0 Å². The number of aromatic nitrogens is 2. The van der Waals surface area contributed by atoms with Crippen LogP contribution in [0.5, 0.6) is 11.5 Å². The van der Waals surface area contributed by atoms with E-state index >= 15 is 0 Å². The number of methoxy groups -OCH3 is 2. The van der Waals surface area contributed by atoms with E-state index in [9.17, 15) is 4.79 Å². The van der Waals surface area contributed by atoms with Gasteiger partial charge in [0.05, 0.1) is 25.8 Å². The molecule has 0 spiro atoms. The van der Waals surface area contributed by atoms with Gasteiger partial charge in [-0.2, -0.15) is 5.10 Å². The van der Waals surface area contributed by atoms with Crippen LogP contribution in [0.15, 0.2) is 24.4 Å². The fourth-order valence-electron chi connectivity index (χ4n) is 2.31. The molecule has 0 aliphatic carbocycles. The molecule has 2 rings (SSSR count). The maximum atomic E-state index is 12.6. The van der Waals surface area contributed by atoms with Crippen LogP contribution >= 0.6 is 0 Å². The van der Waals surface area contributed by atoms with Gasteiger partial charge in [-0.25, -0.2) is 0 Å². The van der Waals surface area contributed by atoms with E-state index in [1.807, 2.05) is 39.0 Å². The normalized spacial score (nSPS) is 11.2. The largest absolute Gasteiger partial charge is 0.493 e. The third kappa shape index (κ3) is 3.47. The van der Waals surface area contributed by atoms with Crippen LogP contribution in [0, 0.1) is 6.92 Å². The van der Waals surface area contributed by atoms with Crippen molar-refractivity contribution in [2.24, 2.45) is 0 Å². The van der Waals surface area contributed by atoms with E-state index < -0.39 is 5.41 Å². The highest BCUT2D eigenvalue weighted by atomic mass is 16.5. The summed E-state index contributed by atoms with van der Waals surface area (Å²) in [6.07, 6.45) is 1.72. The number of hydrogen-bond acceptors (Lipinski definition) is 4. The van der Waals surface area contributed by atoms with Crippen LogP contribution in [0.1, 0.15) is 30.7 Å². The molecule has 0 unspecified atom stereocenters. The topological polar surface area (TPSA) is 76.2 Å². The number of aryl methyl sites for hydroxylation is 1. The van der Waals surface area contributed by atoms with E-state index in [1.54, 1.807) is 20.4 Å².